The molecule has 7 nitrogen and oxygen atoms in total. The molecule has 0 atom stereocenters. The Hall–Kier alpha value is -2.94. The van der Waals surface area contributed by atoms with Crippen molar-refractivity contribution in [1.29, 1.82) is 0 Å². The molecule has 1 N–H and O–H groups in total. The lowest BCUT2D eigenvalue weighted by molar-refractivity contribution is -0.119. The summed E-state index contributed by atoms with van der Waals surface area (Å²) >= 11 is 1.78. The number of carbonyl (C=O) groups is 2. The molecule has 32 heavy (non-hydrogen) atoms. The number of carbonyl (C=O) groups excluding carboxylic acids is 2. The minimum absolute atomic E-state index is 0.0250. The Morgan fingerprint density at radius 2 is 1.81 bits per heavy atom. The number of likely N-dealkylation sites (N-methyl/N-ethyl adjacent to an activating group) is 1. The van der Waals surface area contributed by atoms with Crippen LogP contribution in [-0.4, -0.2) is 61.4 Å². The van der Waals surface area contributed by atoms with Gasteiger partial charge < -0.3 is 14.6 Å². The molecule has 0 bridgehead atoms. The number of nitrogens with one attached hydrogen (secondary N) is 1. The second-order valence-electron chi connectivity index (χ2n) is 7.86. The fourth-order valence-electron chi connectivity index (χ4n) is 3.79. The minimum Gasteiger partial charge on any atom is -0.467 e. The summed E-state index contributed by atoms with van der Waals surface area (Å²) in [7, 11) is 1.73. The van der Waals surface area contributed by atoms with Gasteiger partial charge in [-0.1, -0.05) is 18.2 Å². The fourth-order valence-corrected chi connectivity index (χ4v) is 4.54. The van der Waals surface area contributed by atoms with Gasteiger partial charge in [-0.25, -0.2) is 0 Å². The van der Waals surface area contributed by atoms with E-state index in [9.17, 15) is 9.59 Å². The zero-order valence-corrected chi connectivity index (χ0v) is 19.0. The first kappa shape index (κ1) is 22.3. The molecular formula is C24H28N4O3S. The molecule has 0 radical (unpaired) electrons. The summed E-state index contributed by atoms with van der Waals surface area (Å²) in [6, 6.07) is 15.0. The Morgan fingerprint density at radius 1 is 1.03 bits per heavy atom. The summed E-state index contributed by atoms with van der Waals surface area (Å²) in [6.45, 7) is 5.22. The summed E-state index contributed by atoms with van der Waals surface area (Å²) in [5, 5.41) is 4.96. The van der Waals surface area contributed by atoms with Crippen LogP contribution in [0.5, 0.6) is 0 Å². The molecule has 2 aromatic heterocycles. The van der Waals surface area contributed by atoms with Gasteiger partial charge in [0.05, 0.1) is 30.6 Å². The summed E-state index contributed by atoms with van der Waals surface area (Å²) in [5.74, 6) is 0.417. The topological polar surface area (TPSA) is 69.0 Å². The molecule has 8 heteroatoms. The molecule has 1 aromatic carbocycles. The van der Waals surface area contributed by atoms with E-state index < -0.39 is 0 Å². The maximum Gasteiger partial charge on any atom is 0.253 e. The molecule has 1 aliphatic heterocycles. The molecule has 0 aliphatic carbocycles. The van der Waals surface area contributed by atoms with Gasteiger partial charge in [0.1, 0.15) is 5.76 Å². The zero-order chi connectivity index (χ0) is 22.3. The smallest absolute Gasteiger partial charge is 0.253 e. The molecule has 1 fully saturated rings. The van der Waals surface area contributed by atoms with E-state index in [4.69, 9.17) is 4.42 Å². The number of piperazine rings is 1. The van der Waals surface area contributed by atoms with Crippen LogP contribution in [0.4, 0.5) is 5.69 Å². The van der Waals surface area contributed by atoms with Crippen LogP contribution in [0.1, 0.15) is 21.0 Å². The number of thiophene rings is 1. The van der Waals surface area contributed by atoms with Gasteiger partial charge in [-0.15, -0.1) is 11.3 Å². The van der Waals surface area contributed by atoms with Crippen LogP contribution in [0.2, 0.25) is 0 Å². The highest BCUT2D eigenvalue weighted by Gasteiger charge is 2.23. The Balaban J connectivity index is 1.31. The lowest BCUT2D eigenvalue weighted by Crippen LogP contribution is -2.49. The predicted molar refractivity (Wildman–Crippen MR) is 126 cm³/mol. The molecule has 168 valence electrons. The van der Waals surface area contributed by atoms with Crippen LogP contribution < -0.4 is 10.2 Å². The Morgan fingerprint density at radius 3 is 2.53 bits per heavy atom. The van der Waals surface area contributed by atoms with Crippen molar-refractivity contribution < 1.29 is 14.0 Å². The van der Waals surface area contributed by atoms with Gasteiger partial charge in [-0.2, -0.15) is 0 Å². The molecule has 4 rings (SSSR count). The highest BCUT2D eigenvalue weighted by molar-refractivity contribution is 7.09. The van der Waals surface area contributed by atoms with Crippen molar-refractivity contribution in [2.45, 2.75) is 13.1 Å². The maximum absolute atomic E-state index is 13.0. The van der Waals surface area contributed by atoms with Crippen LogP contribution >= 0.6 is 11.3 Å². The molecule has 0 saturated carbocycles. The fraction of sp³-hybridized carbons (Fsp3) is 0.333. The van der Waals surface area contributed by atoms with Gasteiger partial charge >= 0.3 is 0 Å². The third-order valence-electron chi connectivity index (χ3n) is 5.67. The summed E-state index contributed by atoms with van der Waals surface area (Å²) in [5.41, 5.74) is 1.07. The van der Waals surface area contributed by atoms with Gasteiger partial charge in [0.15, 0.2) is 0 Å². The number of amides is 2. The second-order valence-corrected chi connectivity index (χ2v) is 8.90. The first-order valence-corrected chi connectivity index (χ1v) is 11.6. The van der Waals surface area contributed by atoms with Crippen LogP contribution in [0, 0.1) is 0 Å². The highest BCUT2D eigenvalue weighted by Crippen LogP contribution is 2.20. The normalized spacial score (nSPS) is 14.9. The lowest BCUT2D eigenvalue weighted by Gasteiger charge is -2.34. The third-order valence-corrected chi connectivity index (χ3v) is 6.53. The van der Waals surface area contributed by atoms with E-state index >= 15 is 0 Å². The maximum atomic E-state index is 13.0. The van der Waals surface area contributed by atoms with E-state index in [-0.39, 0.29) is 11.8 Å². The minimum atomic E-state index is -0.237. The molecule has 1 aliphatic rings. The zero-order valence-electron chi connectivity index (χ0n) is 18.2. The Kier molecular flexibility index (Phi) is 7.36. The molecule has 2 amide bonds. The van der Waals surface area contributed by atoms with Gasteiger partial charge in [0.2, 0.25) is 5.91 Å². The molecule has 3 aromatic rings. The van der Waals surface area contributed by atoms with Crippen molar-refractivity contribution >= 4 is 28.8 Å². The predicted octanol–water partition coefficient (Wildman–Crippen LogP) is 3.05. The summed E-state index contributed by atoms with van der Waals surface area (Å²) in [4.78, 5) is 33.3. The number of rotatable bonds is 8. The lowest BCUT2D eigenvalue weighted by atomic mass is 10.1. The van der Waals surface area contributed by atoms with Crippen molar-refractivity contribution in [2.75, 3.05) is 44.7 Å². The SMILES string of the molecule is CN(C(=O)CN1CCN(Cc2cccs2)CC1)c1ccccc1C(=O)NCc1ccco1. The van der Waals surface area contributed by atoms with Crippen LogP contribution in [-0.2, 0) is 17.9 Å². The van der Waals surface area contributed by atoms with Crippen molar-refractivity contribution in [2.24, 2.45) is 0 Å². The second kappa shape index (κ2) is 10.6. The average Bonchev–Trinajstić information content (AvgIpc) is 3.52. The average molecular weight is 453 g/mol. The molecular weight excluding hydrogens is 424 g/mol. The number of benzene rings is 1. The molecule has 3 heterocycles. The number of anilines is 1. The van der Waals surface area contributed by atoms with E-state index in [1.807, 2.05) is 12.1 Å². The number of nitrogens with zero attached hydrogens (tertiary/aromatic N) is 3. The highest BCUT2D eigenvalue weighted by atomic mass is 32.1. The third kappa shape index (κ3) is 5.64. The van der Waals surface area contributed by atoms with Crippen LogP contribution in [0.3, 0.4) is 0 Å². The van der Waals surface area contributed by atoms with Gasteiger partial charge in [0.25, 0.3) is 5.91 Å². The molecule has 0 unspecified atom stereocenters. The van der Waals surface area contributed by atoms with Crippen LogP contribution in [0.15, 0.2) is 64.6 Å². The largest absolute Gasteiger partial charge is 0.467 e. The summed E-state index contributed by atoms with van der Waals surface area (Å²) < 4.78 is 5.27. The Bertz CT molecular complexity index is 1010. The summed E-state index contributed by atoms with van der Waals surface area (Å²) in [6.07, 6.45) is 1.57. The van der Waals surface area contributed by atoms with Crippen molar-refractivity contribution in [3.63, 3.8) is 0 Å². The first-order chi connectivity index (χ1) is 15.6. The van der Waals surface area contributed by atoms with E-state index in [0.29, 0.717) is 30.1 Å². The molecule has 1 saturated heterocycles. The van der Waals surface area contributed by atoms with E-state index in [1.165, 1.54) is 4.88 Å². The quantitative estimate of drug-likeness (QED) is 0.569. The van der Waals surface area contributed by atoms with Crippen molar-refractivity contribution in [1.82, 2.24) is 15.1 Å². The number of para-hydroxylation sites is 1. The van der Waals surface area contributed by atoms with Gasteiger partial charge in [0, 0.05) is 44.6 Å². The number of furan rings is 1. The van der Waals surface area contributed by atoms with Gasteiger partial charge in [-0.05, 0) is 35.7 Å². The first-order valence-electron chi connectivity index (χ1n) is 10.7. The van der Waals surface area contributed by atoms with E-state index in [2.05, 4.69) is 32.6 Å². The standard InChI is InChI=1S/C24H28N4O3S/c1-26(22-9-3-2-8-21(22)24(30)25-16-19-6-4-14-31-19)23(29)18-28-12-10-27(11-13-28)17-20-7-5-15-32-20/h2-9,14-15H,10-13,16-18H2,1H3,(H,25,30). The van der Waals surface area contributed by atoms with Crippen molar-refractivity contribution in [3.8, 4) is 0 Å². The number of hydrogen-bond acceptors (Lipinski definition) is 6. The van der Waals surface area contributed by atoms with Gasteiger partial charge in [-0.3, -0.25) is 19.4 Å². The van der Waals surface area contributed by atoms with E-state index in [0.717, 1.165) is 32.7 Å². The monoisotopic (exact) mass is 452 g/mol. The number of hydrogen-bond donors (Lipinski definition) is 1. The Labute approximate surface area is 192 Å². The van der Waals surface area contributed by atoms with Crippen molar-refractivity contribution in [3.05, 3.63) is 76.4 Å². The van der Waals surface area contributed by atoms with E-state index in [1.54, 1.807) is 53.8 Å². The van der Waals surface area contributed by atoms with Crippen LogP contribution in [0.25, 0.3) is 0 Å². The molecule has 0 spiro atoms.